The molecule has 164 valence electrons. The number of hydrogen-bond acceptors (Lipinski definition) is 7. The summed E-state index contributed by atoms with van der Waals surface area (Å²) in [6.45, 7) is 1.91. The van der Waals surface area contributed by atoms with Crippen molar-refractivity contribution in [1.82, 2.24) is 0 Å². The summed E-state index contributed by atoms with van der Waals surface area (Å²) in [5.41, 5.74) is 0.787. The summed E-state index contributed by atoms with van der Waals surface area (Å²) >= 11 is 0. The van der Waals surface area contributed by atoms with Gasteiger partial charge in [0, 0.05) is 16.2 Å². The van der Waals surface area contributed by atoms with Crippen molar-refractivity contribution in [2.24, 2.45) is 10.2 Å². The Balaban J connectivity index is 1.92. The predicted octanol–water partition coefficient (Wildman–Crippen LogP) is 4.92. The van der Waals surface area contributed by atoms with E-state index in [0.717, 1.165) is 23.1 Å². The van der Waals surface area contributed by atoms with E-state index in [1.165, 1.54) is 24.3 Å². The first-order chi connectivity index (χ1) is 15.0. The summed E-state index contributed by atoms with van der Waals surface area (Å²) in [7, 11) is -9.52. The molecule has 0 spiro atoms. The smallest absolute Gasteiger partial charge is 0.297 e. The summed E-state index contributed by atoms with van der Waals surface area (Å²) < 4.78 is 66.7. The largest absolute Gasteiger partial charge is 0.505 e. The molecule has 11 heteroatoms. The van der Waals surface area contributed by atoms with Crippen molar-refractivity contribution >= 4 is 53.2 Å². The zero-order valence-corrected chi connectivity index (χ0v) is 18.1. The Morgan fingerprint density at radius 1 is 0.719 bits per heavy atom. The van der Waals surface area contributed by atoms with Crippen LogP contribution in [0.3, 0.4) is 0 Å². The molecule has 0 aliphatic rings. The van der Waals surface area contributed by atoms with Gasteiger partial charge in [0.05, 0.1) is 0 Å². The van der Waals surface area contributed by atoms with Crippen molar-refractivity contribution in [1.29, 1.82) is 0 Å². The Bertz CT molecular complexity index is 1640. The van der Waals surface area contributed by atoms with E-state index < -0.39 is 30.0 Å². The zero-order valence-electron chi connectivity index (χ0n) is 16.5. The lowest BCUT2D eigenvalue weighted by Crippen LogP contribution is -2.03. The standard InChI is InChI=1S/C21H16N2O7S2/c1-12-5-7-14-13(11-12)6-9-17(20(14)24)22-23-18-10-8-15-16(21(18)32(28,29)30)3-2-4-19(15)31(25,26)27/h2-11,24H,1H3,(H,25,26,27)(H,28,29,30). The number of azo groups is 1. The molecule has 0 bridgehead atoms. The molecule has 0 amide bonds. The van der Waals surface area contributed by atoms with Crippen molar-refractivity contribution in [3.05, 3.63) is 66.2 Å². The van der Waals surface area contributed by atoms with E-state index in [9.17, 15) is 31.0 Å². The van der Waals surface area contributed by atoms with E-state index in [1.54, 1.807) is 12.1 Å². The zero-order chi connectivity index (χ0) is 23.3. The van der Waals surface area contributed by atoms with Crippen LogP contribution in [-0.2, 0) is 20.2 Å². The Labute approximate surface area is 183 Å². The van der Waals surface area contributed by atoms with Crippen molar-refractivity contribution in [2.45, 2.75) is 16.7 Å². The number of aryl methyl sites for hydroxylation is 1. The molecule has 0 aliphatic heterocycles. The number of aromatic hydroxyl groups is 1. The Morgan fingerprint density at radius 3 is 2.06 bits per heavy atom. The van der Waals surface area contributed by atoms with E-state index in [0.29, 0.717) is 5.39 Å². The molecule has 4 aromatic rings. The van der Waals surface area contributed by atoms with Crippen LogP contribution in [-0.4, -0.2) is 31.0 Å². The van der Waals surface area contributed by atoms with Crippen LogP contribution in [0.25, 0.3) is 21.5 Å². The van der Waals surface area contributed by atoms with E-state index in [4.69, 9.17) is 0 Å². The van der Waals surface area contributed by atoms with Gasteiger partial charge in [0.1, 0.15) is 21.2 Å². The molecule has 0 fully saturated rings. The topological polar surface area (TPSA) is 154 Å². The second-order valence-corrected chi connectivity index (χ2v) is 9.82. The molecule has 0 aromatic heterocycles. The second-order valence-electron chi connectivity index (χ2n) is 7.07. The molecule has 0 aliphatic carbocycles. The molecule has 4 aromatic carbocycles. The monoisotopic (exact) mass is 472 g/mol. The molecule has 0 unspecified atom stereocenters. The van der Waals surface area contributed by atoms with Crippen LogP contribution >= 0.6 is 0 Å². The van der Waals surface area contributed by atoms with Crippen molar-refractivity contribution in [3.63, 3.8) is 0 Å². The maximum absolute atomic E-state index is 12.1. The van der Waals surface area contributed by atoms with Gasteiger partial charge in [-0.15, -0.1) is 10.2 Å². The normalized spacial score (nSPS) is 12.7. The molecule has 32 heavy (non-hydrogen) atoms. The summed E-state index contributed by atoms with van der Waals surface area (Å²) in [6.07, 6.45) is 0. The number of hydrogen-bond donors (Lipinski definition) is 3. The molecule has 0 radical (unpaired) electrons. The van der Waals surface area contributed by atoms with Gasteiger partial charge in [0.15, 0.2) is 5.75 Å². The summed E-state index contributed by atoms with van der Waals surface area (Å²) in [5, 5.41) is 19.4. The van der Waals surface area contributed by atoms with Gasteiger partial charge in [-0.1, -0.05) is 48.0 Å². The van der Waals surface area contributed by atoms with Gasteiger partial charge in [-0.2, -0.15) is 16.8 Å². The summed E-state index contributed by atoms with van der Waals surface area (Å²) in [6, 6.07) is 14.6. The van der Waals surface area contributed by atoms with Gasteiger partial charge in [-0.3, -0.25) is 9.11 Å². The average molecular weight is 473 g/mol. The first-order valence-electron chi connectivity index (χ1n) is 9.11. The van der Waals surface area contributed by atoms with Crippen LogP contribution < -0.4 is 0 Å². The van der Waals surface area contributed by atoms with Crippen LogP contribution in [0.15, 0.2) is 80.7 Å². The van der Waals surface area contributed by atoms with Crippen LogP contribution in [0.4, 0.5) is 11.4 Å². The third-order valence-electron chi connectivity index (χ3n) is 4.88. The third-order valence-corrected chi connectivity index (χ3v) is 6.73. The fourth-order valence-electron chi connectivity index (χ4n) is 3.47. The lowest BCUT2D eigenvalue weighted by Gasteiger charge is -2.10. The fraction of sp³-hybridized carbons (Fsp3) is 0.0476. The first-order valence-corrected chi connectivity index (χ1v) is 12.0. The average Bonchev–Trinajstić information content (AvgIpc) is 2.70. The fourth-order valence-corrected chi connectivity index (χ4v) is 5.01. The van der Waals surface area contributed by atoms with Crippen LogP contribution in [0, 0.1) is 6.92 Å². The minimum atomic E-state index is -4.87. The Hall–Kier alpha value is -3.38. The van der Waals surface area contributed by atoms with E-state index in [2.05, 4.69) is 10.2 Å². The number of rotatable bonds is 4. The molecular formula is C21H16N2O7S2. The molecule has 0 heterocycles. The van der Waals surface area contributed by atoms with Crippen LogP contribution in [0.2, 0.25) is 0 Å². The number of phenols is 1. The maximum Gasteiger partial charge on any atom is 0.297 e. The molecule has 0 atom stereocenters. The number of benzene rings is 4. The van der Waals surface area contributed by atoms with Crippen molar-refractivity contribution < 1.29 is 31.0 Å². The maximum atomic E-state index is 12.1. The molecule has 0 saturated heterocycles. The molecule has 9 nitrogen and oxygen atoms in total. The van der Waals surface area contributed by atoms with Gasteiger partial charge in [-0.25, -0.2) is 0 Å². The highest BCUT2D eigenvalue weighted by molar-refractivity contribution is 7.86. The predicted molar refractivity (Wildman–Crippen MR) is 118 cm³/mol. The quantitative estimate of drug-likeness (QED) is 0.281. The number of fused-ring (bicyclic) bond motifs is 2. The number of phenolic OH excluding ortho intramolecular Hbond substituents is 1. The highest BCUT2D eigenvalue weighted by atomic mass is 32.2. The molecule has 3 N–H and O–H groups in total. The lowest BCUT2D eigenvalue weighted by atomic mass is 10.1. The van der Waals surface area contributed by atoms with Gasteiger partial charge in [0.2, 0.25) is 0 Å². The summed E-state index contributed by atoms with van der Waals surface area (Å²) in [4.78, 5) is -1.20. The van der Waals surface area contributed by atoms with Gasteiger partial charge < -0.3 is 5.11 Å². The highest BCUT2D eigenvalue weighted by Gasteiger charge is 2.23. The van der Waals surface area contributed by atoms with Gasteiger partial charge in [0.25, 0.3) is 20.2 Å². The van der Waals surface area contributed by atoms with Gasteiger partial charge >= 0.3 is 0 Å². The summed E-state index contributed by atoms with van der Waals surface area (Å²) in [5.74, 6) is -0.158. The molecule has 4 rings (SSSR count). The lowest BCUT2D eigenvalue weighted by molar-refractivity contribution is 0.481. The van der Waals surface area contributed by atoms with Crippen LogP contribution in [0.1, 0.15) is 5.56 Å². The van der Waals surface area contributed by atoms with Crippen LogP contribution in [0.5, 0.6) is 5.75 Å². The second kappa shape index (κ2) is 7.64. The highest BCUT2D eigenvalue weighted by Crippen LogP contribution is 2.39. The van der Waals surface area contributed by atoms with Crippen molar-refractivity contribution in [3.8, 4) is 5.75 Å². The van der Waals surface area contributed by atoms with Gasteiger partial charge in [-0.05, 0) is 30.5 Å². The minimum Gasteiger partial charge on any atom is -0.505 e. The molecule has 0 saturated carbocycles. The minimum absolute atomic E-state index is 0.0643. The van der Waals surface area contributed by atoms with E-state index in [-0.39, 0.29) is 27.9 Å². The first kappa shape index (κ1) is 21.8. The SMILES string of the molecule is Cc1ccc2c(O)c(N=Nc3ccc4c(S(=O)(=O)O)cccc4c3S(=O)(=O)O)ccc2c1. The third kappa shape index (κ3) is 3.94. The van der Waals surface area contributed by atoms with Crippen molar-refractivity contribution in [2.75, 3.05) is 0 Å². The Kier molecular flexibility index (Phi) is 5.21. The molecular weight excluding hydrogens is 456 g/mol. The van der Waals surface area contributed by atoms with E-state index >= 15 is 0 Å². The Morgan fingerprint density at radius 2 is 1.38 bits per heavy atom. The number of nitrogens with zero attached hydrogens (tertiary/aromatic N) is 2. The van der Waals surface area contributed by atoms with E-state index in [1.807, 2.05) is 19.1 Å².